The number of carbonyl (C=O) groups is 1. The number of carbonyl (C=O) groups excluding carboxylic acids is 1. The third kappa shape index (κ3) is 4.71. The molecule has 0 saturated heterocycles. The summed E-state index contributed by atoms with van der Waals surface area (Å²) in [5.74, 6) is 0.581. The highest BCUT2D eigenvalue weighted by atomic mass is 32.2. The van der Waals surface area contributed by atoms with Gasteiger partial charge in [0.25, 0.3) is 0 Å². The van der Waals surface area contributed by atoms with Gasteiger partial charge in [-0.05, 0) is 41.1 Å². The first-order valence-corrected chi connectivity index (χ1v) is 11.6. The van der Waals surface area contributed by atoms with Crippen molar-refractivity contribution >= 4 is 44.4 Å². The van der Waals surface area contributed by atoms with Crippen LogP contribution in [0.5, 0.6) is 0 Å². The number of nitrogens with zero attached hydrogens (tertiary/aromatic N) is 2. The molecule has 0 aliphatic carbocycles. The molecular formula is C24H21FN2OS2. The molecule has 6 heteroatoms. The van der Waals surface area contributed by atoms with Gasteiger partial charge in [-0.3, -0.25) is 9.69 Å². The molecule has 0 bridgehead atoms. The average molecular weight is 437 g/mol. The molecule has 0 aliphatic rings. The van der Waals surface area contributed by atoms with Gasteiger partial charge in [0.05, 0.1) is 17.7 Å². The van der Waals surface area contributed by atoms with Crippen molar-refractivity contribution < 1.29 is 9.18 Å². The fourth-order valence-corrected chi connectivity index (χ4v) is 4.85. The molecule has 0 radical (unpaired) electrons. The quantitative estimate of drug-likeness (QED) is 0.318. The van der Waals surface area contributed by atoms with Crippen LogP contribution in [0.3, 0.4) is 0 Å². The van der Waals surface area contributed by atoms with Gasteiger partial charge < -0.3 is 0 Å². The summed E-state index contributed by atoms with van der Waals surface area (Å²) < 4.78 is 14.9. The van der Waals surface area contributed by atoms with Crippen LogP contribution in [0.1, 0.15) is 18.1 Å². The Bertz CT molecular complexity index is 1140. The van der Waals surface area contributed by atoms with Crippen LogP contribution in [0.2, 0.25) is 0 Å². The molecule has 1 aromatic heterocycles. The van der Waals surface area contributed by atoms with Crippen molar-refractivity contribution in [3.63, 3.8) is 0 Å². The fourth-order valence-electron chi connectivity index (χ4n) is 3.19. The summed E-state index contributed by atoms with van der Waals surface area (Å²) in [5.41, 5.74) is 2.26. The number of thiazole rings is 1. The average Bonchev–Trinajstić information content (AvgIpc) is 3.20. The molecule has 4 rings (SSSR count). The lowest BCUT2D eigenvalue weighted by atomic mass is 10.1. The van der Waals surface area contributed by atoms with Crippen molar-refractivity contribution in [2.75, 3.05) is 10.7 Å². The number of hydrogen-bond donors (Lipinski definition) is 0. The second-order valence-corrected chi connectivity index (χ2v) is 9.15. The fraction of sp³-hybridized carbons (Fsp3) is 0.167. The second kappa shape index (κ2) is 9.41. The van der Waals surface area contributed by atoms with Crippen LogP contribution in [0.15, 0.2) is 77.7 Å². The maximum absolute atomic E-state index is 14.2. The van der Waals surface area contributed by atoms with Crippen LogP contribution in [-0.2, 0) is 17.8 Å². The van der Waals surface area contributed by atoms with Crippen molar-refractivity contribution in [2.24, 2.45) is 0 Å². The third-order valence-corrected chi connectivity index (χ3v) is 6.60. The standard InChI is InChI=1S/C24H21FN2OS2/c1-2-29-19-13-11-17(12-14-19)15-22(28)27(16-18-7-4-3-5-8-18)24-26-23-20(25)9-6-10-21(23)30-24/h3-14H,2,15-16H2,1H3. The molecule has 0 fully saturated rings. The number of amides is 1. The normalized spacial score (nSPS) is 11.0. The molecule has 0 saturated carbocycles. The van der Waals surface area contributed by atoms with Gasteiger partial charge >= 0.3 is 0 Å². The first-order valence-electron chi connectivity index (χ1n) is 9.75. The lowest BCUT2D eigenvalue weighted by Crippen LogP contribution is -2.31. The number of para-hydroxylation sites is 1. The van der Waals surface area contributed by atoms with Crippen molar-refractivity contribution in [1.29, 1.82) is 0 Å². The molecule has 3 aromatic carbocycles. The summed E-state index contributed by atoms with van der Waals surface area (Å²) in [4.78, 5) is 20.6. The zero-order valence-corrected chi connectivity index (χ0v) is 18.2. The molecule has 3 nitrogen and oxygen atoms in total. The second-order valence-electron chi connectivity index (χ2n) is 6.80. The first-order chi connectivity index (χ1) is 14.6. The van der Waals surface area contributed by atoms with Gasteiger partial charge in [0.2, 0.25) is 5.91 Å². The van der Waals surface area contributed by atoms with Gasteiger partial charge in [-0.25, -0.2) is 9.37 Å². The Hall–Kier alpha value is -2.70. The molecule has 4 aromatic rings. The molecule has 0 atom stereocenters. The van der Waals surface area contributed by atoms with Gasteiger partial charge in [0.15, 0.2) is 5.13 Å². The summed E-state index contributed by atoms with van der Waals surface area (Å²) in [6.07, 6.45) is 0.266. The van der Waals surface area contributed by atoms with E-state index in [9.17, 15) is 9.18 Å². The predicted octanol–water partition coefficient (Wildman–Crippen LogP) is 6.32. The van der Waals surface area contributed by atoms with E-state index in [0.29, 0.717) is 17.2 Å². The summed E-state index contributed by atoms with van der Waals surface area (Å²) in [6, 6.07) is 22.8. The van der Waals surface area contributed by atoms with Gasteiger partial charge in [-0.1, -0.05) is 66.8 Å². The van der Waals surface area contributed by atoms with E-state index in [2.05, 4.69) is 11.9 Å². The zero-order valence-electron chi connectivity index (χ0n) is 16.5. The Labute approximate surface area is 183 Å². The lowest BCUT2D eigenvalue weighted by Gasteiger charge is -2.20. The lowest BCUT2D eigenvalue weighted by molar-refractivity contribution is -0.118. The minimum atomic E-state index is -0.369. The van der Waals surface area contributed by atoms with E-state index < -0.39 is 0 Å². The molecule has 1 heterocycles. The molecule has 0 aliphatic heterocycles. The van der Waals surface area contributed by atoms with Gasteiger partial charge in [0.1, 0.15) is 11.3 Å². The van der Waals surface area contributed by atoms with Crippen LogP contribution in [0.25, 0.3) is 10.2 Å². The van der Waals surface area contributed by atoms with E-state index in [4.69, 9.17) is 0 Å². The van der Waals surface area contributed by atoms with E-state index in [1.165, 1.54) is 22.3 Å². The minimum absolute atomic E-state index is 0.0609. The van der Waals surface area contributed by atoms with Crippen molar-refractivity contribution in [3.05, 3.63) is 89.7 Å². The number of halogens is 1. The smallest absolute Gasteiger partial charge is 0.233 e. The number of anilines is 1. The Morgan fingerprint density at radius 2 is 1.77 bits per heavy atom. The van der Waals surface area contributed by atoms with E-state index in [0.717, 1.165) is 21.6 Å². The Balaban J connectivity index is 1.63. The van der Waals surface area contributed by atoms with Gasteiger partial charge in [-0.2, -0.15) is 0 Å². The number of hydrogen-bond acceptors (Lipinski definition) is 4. The summed E-state index contributed by atoms with van der Waals surface area (Å²) in [7, 11) is 0. The summed E-state index contributed by atoms with van der Waals surface area (Å²) in [6.45, 7) is 2.51. The van der Waals surface area contributed by atoms with Crippen molar-refractivity contribution in [3.8, 4) is 0 Å². The largest absolute Gasteiger partial charge is 0.283 e. The molecule has 30 heavy (non-hydrogen) atoms. The van der Waals surface area contributed by atoms with E-state index in [1.54, 1.807) is 22.7 Å². The van der Waals surface area contributed by atoms with E-state index in [-0.39, 0.29) is 18.1 Å². The monoisotopic (exact) mass is 436 g/mol. The molecule has 152 valence electrons. The Kier molecular flexibility index (Phi) is 6.45. The van der Waals surface area contributed by atoms with Gasteiger partial charge in [-0.15, -0.1) is 11.8 Å². The summed E-state index contributed by atoms with van der Waals surface area (Å²) >= 11 is 3.11. The molecular weight excluding hydrogens is 415 g/mol. The van der Waals surface area contributed by atoms with Crippen LogP contribution >= 0.6 is 23.1 Å². The highest BCUT2D eigenvalue weighted by Crippen LogP contribution is 2.31. The molecule has 1 amide bonds. The van der Waals surface area contributed by atoms with Crippen LogP contribution < -0.4 is 4.90 Å². The highest BCUT2D eigenvalue weighted by molar-refractivity contribution is 7.99. The van der Waals surface area contributed by atoms with Crippen LogP contribution in [0, 0.1) is 5.82 Å². The van der Waals surface area contributed by atoms with Gasteiger partial charge in [0, 0.05) is 4.90 Å². The number of thioether (sulfide) groups is 1. The summed E-state index contributed by atoms with van der Waals surface area (Å²) in [5, 5.41) is 0.516. The maximum atomic E-state index is 14.2. The predicted molar refractivity (Wildman–Crippen MR) is 124 cm³/mol. The maximum Gasteiger partial charge on any atom is 0.233 e. The molecule has 0 unspecified atom stereocenters. The van der Waals surface area contributed by atoms with Crippen molar-refractivity contribution in [1.82, 2.24) is 4.98 Å². The highest BCUT2D eigenvalue weighted by Gasteiger charge is 2.21. The SMILES string of the molecule is CCSc1ccc(CC(=O)N(Cc2ccccc2)c2nc3c(F)cccc3s2)cc1. The van der Waals surface area contributed by atoms with Crippen LogP contribution in [0.4, 0.5) is 9.52 Å². The first kappa shape index (κ1) is 20.6. The number of aromatic nitrogens is 1. The number of benzene rings is 3. The Morgan fingerprint density at radius 3 is 2.47 bits per heavy atom. The van der Waals surface area contributed by atoms with Crippen molar-refractivity contribution in [2.45, 2.75) is 24.8 Å². The zero-order chi connectivity index (χ0) is 20.9. The molecule has 0 spiro atoms. The van der Waals surface area contributed by atoms with Crippen LogP contribution in [-0.4, -0.2) is 16.6 Å². The third-order valence-electron chi connectivity index (χ3n) is 4.66. The van der Waals surface area contributed by atoms with E-state index >= 15 is 0 Å². The minimum Gasteiger partial charge on any atom is -0.283 e. The van der Waals surface area contributed by atoms with E-state index in [1.807, 2.05) is 60.7 Å². The number of rotatable bonds is 7. The Morgan fingerprint density at radius 1 is 1.00 bits per heavy atom. The molecule has 0 N–H and O–H groups in total. The topological polar surface area (TPSA) is 33.2 Å². The number of fused-ring (bicyclic) bond motifs is 1.